The molecule has 9 heavy (non-hydrogen) atoms. The summed E-state index contributed by atoms with van der Waals surface area (Å²) in [5, 5.41) is 0. The van der Waals surface area contributed by atoms with Crippen LogP contribution in [0.4, 0.5) is 0 Å². The van der Waals surface area contributed by atoms with Crippen LogP contribution < -0.4 is 0 Å². The first kappa shape index (κ1) is 7.03. The molecule has 0 saturated carbocycles. The van der Waals surface area contributed by atoms with E-state index in [9.17, 15) is 0 Å². The Morgan fingerprint density at radius 3 is 2.67 bits per heavy atom. The highest BCUT2D eigenvalue weighted by atomic mass is 32.1. The summed E-state index contributed by atoms with van der Waals surface area (Å²) in [4.78, 5) is 0. The average Bonchev–Trinajstić information content (AvgIpc) is 1.90. The van der Waals surface area contributed by atoms with Crippen molar-refractivity contribution in [3.8, 4) is 0 Å². The lowest BCUT2D eigenvalue weighted by molar-refractivity contribution is 0.894. The minimum absolute atomic E-state index is 0.383. The van der Waals surface area contributed by atoms with Crippen molar-refractivity contribution in [1.82, 2.24) is 0 Å². The van der Waals surface area contributed by atoms with Gasteiger partial charge in [0.1, 0.15) is 0 Å². The van der Waals surface area contributed by atoms with Crippen molar-refractivity contribution < 1.29 is 0 Å². The molecule has 0 saturated heterocycles. The summed E-state index contributed by atoms with van der Waals surface area (Å²) in [5.74, 6) is 0.383. The Morgan fingerprint density at radius 1 is 1.56 bits per heavy atom. The van der Waals surface area contributed by atoms with Gasteiger partial charge in [0, 0.05) is 5.92 Å². The SMILES string of the molecule is S=C(S)C1C=CC=CC1. The minimum Gasteiger partial charge on any atom is -0.136 e. The maximum atomic E-state index is 4.89. The zero-order valence-corrected chi connectivity index (χ0v) is 6.66. The molecule has 0 aromatic rings. The maximum Gasteiger partial charge on any atom is 0.0520 e. The zero-order valence-electron chi connectivity index (χ0n) is 4.95. The van der Waals surface area contributed by atoms with Crippen molar-refractivity contribution in [2.75, 3.05) is 0 Å². The first-order valence-electron chi connectivity index (χ1n) is 2.87. The molecule has 0 bridgehead atoms. The molecular formula is C7H8S2. The van der Waals surface area contributed by atoms with E-state index in [0.717, 1.165) is 10.6 Å². The Labute approximate surface area is 66.1 Å². The van der Waals surface area contributed by atoms with Crippen molar-refractivity contribution in [3.63, 3.8) is 0 Å². The molecule has 0 aromatic carbocycles. The van der Waals surface area contributed by atoms with Crippen LogP contribution in [0.2, 0.25) is 0 Å². The molecule has 0 fully saturated rings. The summed E-state index contributed by atoms with van der Waals surface area (Å²) in [7, 11) is 0. The summed E-state index contributed by atoms with van der Waals surface area (Å²) in [6.45, 7) is 0. The molecule has 0 heterocycles. The van der Waals surface area contributed by atoms with E-state index in [1.54, 1.807) is 0 Å². The topological polar surface area (TPSA) is 0 Å². The molecule has 0 spiro atoms. The normalized spacial score (nSPS) is 24.3. The summed E-state index contributed by atoms with van der Waals surface area (Å²) in [5.41, 5.74) is 0. The molecule has 1 aliphatic carbocycles. The monoisotopic (exact) mass is 156 g/mol. The van der Waals surface area contributed by atoms with Crippen LogP contribution in [0.1, 0.15) is 6.42 Å². The first-order chi connectivity index (χ1) is 4.30. The average molecular weight is 156 g/mol. The highest BCUT2D eigenvalue weighted by Crippen LogP contribution is 2.14. The largest absolute Gasteiger partial charge is 0.136 e. The minimum atomic E-state index is 0.383. The van der Waals surface area contributed by atoms with E-state index < -0.39 is 0 Å². The Morgan fingerprint density at radius 2 is 2.33 bits per heavy atom. The van der Waals surface area contributed by atoms with Crippen molar-refractivity contribution in [2.24, 2.45) is 5.92 Å². The van der Waals surface area contributed by atoms with E-state index in [2.05, 4.69) is 24.8 Å². The van der Waals surface area contributed by atoms with Crippen molar-refractivity contribution in [2.45, 2.75) is 6.42 Å². The number of allylic oxidation sites excluding steroid dienone is 4. The summed E-state index contributed by atoms with van der Waals surface area (Å²) in [6, 6.07) is 0. The predicted molar refractivity (Wildman–Crippen MR) is 48.0 cm³/mol. The van der Waals surface area contributed by atoms with Crippen LogP contribution in [0, 0.1) is 5.92 Å². The molecule has 0 nitrogen and oxygen atoms in total. The van der Waals surface area contributed by atoms with E-state index in [1.165, 1.54) is 0 Å². The van der Waals surface area contributed by atoms with E-state index in [4.69, 9.17) is 12.2 Å². The van der Waals surface area contributed by atoms with Gasteiger partial charge >= 0.3 is 0 Å². The Hall–Kier alpha value is -0.0800. The second-order valence-corrected chi connectivity index (χ2v) is 3.22. The Kier molecular flexibility index (Phi) is 2.49. The molecule has 1 aliphatic rings. The van der Waals surface area contributed by atoms with Crippen molar-refractivity contribution in [1.29, 1.82) is 0 Å². The molecule has 0 N–H and O–H groups in total. The molecule has 48 valence electrons. The number of hydrogen-bond acceptors (Lipinski definition) is 1. The second-order valence-electron chi connectivity index (χ2n) is 1.99. The molecular weight excluding hydrogens is 148 g/mol. The van der Waals surface area contributed by atoms with Gasteiger partial charge in [-0.15, -0.1) is 12.6 Å². The van der Waals surface area contributed by atoms with Crippen molar-refractivity contribution >= 4 is 29.0 Å². The smallest absolute Gasteiger partial charge is 0.0520 e. The molecule has 0 aromatic heterocycles. The fourth-order valence-electron chi connectivity index (χ4n) is 0.764. The van der Waals surface area contributed by atoms with Gasteiger partial charge in [-0.3, -0.25) is 0 Å². The van der Waals surface area contributed by atoms with Crippen LogP contribution in [0.25, 0.3) is 0 Å². The maximum absolute atomic E-state index is 4.89. The molecule has 0 amide bonds. The van der Waals surface area contributed by atoms with Crippen LogP contribution >= 0.6 is 24.8 Å². The summed E-state index contributed by atoms with van der Waals surface area (Å²) < 4.78 is 0.788. The van der Waals surface area contributed by atoms with E-state index in [-0.39, 0.29) is 0 Å². The third-order valence-electron chi connectivity index (χ3n) is 1.30. The van der Waals surface area contributed by atoms with Gasteiger partial charge in [0.05, 0.1) is 4.20 Å². The lowest BCUT2D eigenvalue weighted by Gasteiger charge is -2.08. The van der Waals surface area contributed by atoms with Crippen LogP contribution in [0.3, 0.4) is 0 Å². The highest BCUT2D eigenvalue weighted by molar-refractivity contribution is 8.11. The predicted octanol–water partition coefficient (Wildman–Crippen LogP) is 2.38. The van der Waals surface area contributed by atoms with Crippen LogP contribution in [-0.2, 0) is 0 Å². The van der Waals surface area contributed by atoms with E-state index in [1.807, 2.05) is 12.2 Å². The third kappa shape index (κ3) is 1.95. The second kappa shape index (κ2) is 3.18. The Bertz CT molecular complexity index is 168. The number of thiocarbonyl (C=S) groups is 1. The van der Waals surface area contributed by atoms with Gasteiger partial charge in [-0.2, -0.15) is 0 Å². The summed E-state index contributed by atoms with van der Waals surface area (Å²) >= 11 is 8.98. The number of thiol groups is 1. The van der Waals surface area contributed by atoms with Crippen molar-refractivity contribution in [3.05, 3.63) is 24.3 Å². The molecule has 1 unspecified atom stereocenters. The highest BCUT2D eigenvalue weighted by Gasteiger charge is 2.06. The first-order valence-corrected chi connectivity index (χ1v) is 3.72. The number of hydrogen-bond donors (Lipinski definition) is 1. The fourth-order valence-corrected chi connectivity index (χ4v) is 1.13. The van der Waals surface area contributed by atoms with E-state index >= 15 is 0 Å². The Balaban J connectivity index is 2.56. The molecule has 1 rings (SSSR count). The lowest BCUT2D eigenvalue weighted by atomic mass is 10.0. The summed E-state index contributed by atoms with van der Waals surface area (Å²) in [6.07, 6.45) is 9.24. The van der Waals surface area contributed by atoms with Gasteiger partial charge in [0.15, 0.2) is 0 Å². The molecule has 0 aliphatic heterocycles. The standard InChI is InChI=1S/C7H8S2/c8-7(9)6-4-2-1-3-5-6/h1-4,6H,5H2,(H,8,9). The molecule has 0 radical (unpaired) electrons. The van der Waals surface area contributed by atoms with Crippen LogP contribution in [-0.4, -0.2) is 4.20 Å². The van der Waals surface area contributed by atoms with Gasteiger partial charge < -0.3 is 0 Å². The van der Waals surface area contributed by atoms with E-state index in [0.29, 0.717) is 5.92 Å². The van der Waals surface area contributed by atoms with Crippen LogP contribution in [0.5, 0.6) is 0 Å². The molecule has 1 atom stereocenters. The van der Waals surface area contributed by atoms with Gasteiger partial charge in [-0.05, 0) is 6.42 Å². The van der Waals surface area contributed by atoms with Gasteiger partial charge in [-0.25, -0.2) is 0 Å². The third-order valence-corrected chi connectivity index (χ3v) is 1.93. The van der Waals surface area contributed by atoms with Gasteiger partial charge in [0.2, 0.25) is 0 Å². The van der Waals surface area contributed by atoms with Crippen LogP contribution in [0.15, 0.2) is 24.3 Å². The van der Waals surface area contributed by atoms with Gasteiger partial charge in [-0.1, -0.05) is 36.5 Å². The lowest BCUT2D eigenvalue weighted by Crippen LogP contribution is -2.03. The number of rotatable bonds is 1. The molecule has 2 heteroatoms. The zero-order chi connectivity index (χ0) is 6.69. The fraction of sp³-hybridized carbons (Fsp3) is 0.286. The van der Waals surface area contributed by atoms with Gasteiger partial charge in [0.25, 0.3) is 0 Å². The quantitative estimate of drug-likeness (QED) is 0.449.